The van der Waals surface area contributed by atoms with Crippen LogP contribution in [-0.4, -0.2) is 38.2 Å². The van der Waals surface area contributed by atoms with Gasteiger partial charge in [-0.3, -0.25) is 4.79 Å². The Morgan fingerprint density at radius 2 is 1.93 bits per heavy atom. The zero-order valence-corrected chi connectivity index (χ0v) is 15.5. The first-order valence-electron chi connectivity index (χ1n) is 8.16. The highest BCUT2D eigenvalue weighted by Crippen LogP contribution is 2.32. The topological polar surface area (TPSA) is 84.9 Å². The molecule has 1 heterocycles. The van der Waals surface area contributed by atoms with Crippen molar-refractivity contribution in [3.8, 4) is 11.5 Å². The number of hydrogen-bond acceptors (Lipinski definition) is 5. The largest absolute Gasteiger partial charge is 0.454 e. The monoisotopic (exact) mass is 394 g/mol. The number of amides is 1. The van der Waals surface area contributed by atoms with E-state index in [1.807, 2.05) is 0 Å². The quantitative estimate of drug-likeness (QED) is 0.772. The number of nitrogens with zero attached hydrogens (tertiary/aromatic N) is 1. The molecule has 1 amide bonds. The van der Waals surface area contributed by atoms with Crippen LogP contribution in [0.3, 0.4) is 0 Å². The van der Waals surface area contributed by atoms with Gasteiger partial charge in [0.25, 0.3) is 0 Å². The summed E-state index contributed by atoms with van der Waals surface area (Å²) in [5.41, 5.74) is 0.985. The van der Waals surface area contributed by atoms with Crippen molar-refractivity contribution in [1.82, 2.24) is 9.62 Å². The maximum absolute atomic E-state index is 13.6. The predicted octanol–water partition coefficient (Wildman–Crippen LogP) is 1.63. The highest BCUT2D eigenvalue weighted by atomic mass is 32.2. The molecule has 0 saturated heterocycles. The first-order chi connectivity index (χ1) is 12.8. The van der Waals surface area contributed by atoms with Gasteiger partial charge in [-0.05, 0) is 23.8 Å². The summed E-state index contributed by atoms with van der Waals surface area (Å²) >= 11 is 0. The molecular formula is C18H19FN2O5S. The third kappa shape index (κ3) is 4.95. The lowest BCUT2D eigenvalue weighted by Crippen LogP contribution is -2.39. The van der Waals surface area contributed by atoms with Gasteiger partial charge in [0, 0.05) is 18.7 Å². The minimum Gasteiger partial charge on any atom is -0.454 e. The lowest BCUT2D eigenvalue weighted by Gasteiger charge is -2.20. The minimum absolute atomic E-state index is 0.00257. The van der Waals surface area contributed by atoms with Gasteiger partial charge in [0.1, 0.15) is 5.82 Å². The van der Waals surface area contributed by atoms with E-state index in [2.05, 4.69) is 5.32 Å². The smallest absolute Gasteiger partial charge is 0.235 e. The van der Waals surface area contributed by atoms with Gasteiger partial charge in [-0.25, -0.2) is 12.8 Å². The van der Waals surface area contributed by atoms with Crippen molar-refractivity contribution in [3.63, 3.8) is 0 Å². The molecule has 0 saturated carbocycles. The van der Waals surface area contributed by atoms with Gasteiger partial charge in [-0.1, -0.05) is 24.3 Å². The van der Waals surface area contributed by atoms with E-state index >= 15 is 0 Å². The Morgan fingerprint density at radius 1 is 1.19 bits per heavy atom. The molecule has 2 aromatic carbocycles. The Morgan fingerprint density at radius 3 is 2.67 bits per heavy atom. The van der Waals surface area contributed by atoms with Crippen molar-refractivity contribution in [2.24, 2.45) is 0 Å². The first-order valence-corrected chi connectivity index (χ1v) is 10.0. The summed E-state index contributed by atoms with van der Waals surface area (Å²) in [6.45, 7) is -0.273. The molecule has 0 aliphatic carbocycles. The van der Waals surface area contributed by atoms with Crippen molar-refractivity contribution in [2.45, 2.75) is 13.1 Å². The molecular weight excluding hydrogens is 375 g/mol. The third-order valence-electron chi connectivity index (χ3n) is 4.02. The number of sulfonamides is 1. The van der Waals surface area contributed by atoms with E-state index in [1.165, 1.54) is 6.07 Å². The zero-order chi connectivity index (χ0) is 19.4. The molecule has 0 bridgehead atoms. The summed E-state index contributed by atoms with van der Waals surface area (Å²) in [7, 11) is -3.64. The zero-order valence-electron chi connectivity index (χ0n) is 14.6. The fourth-order valence-electron chi connectivity index (χ4n) is 2.58. The van der Waals surface area contributed by atoms with Crippen LogP contribution in [0.5, 0.6) is 11.5 Å². The Bertz CT molecular complexity index is 949. The molecule has 0 unspecified atom stereocenters. The molecule has 27 heavy (non-hydrogen) atoms. The summed E-state index contributed by atoms with van der Waals surface area (Å²) in [5.74, 6) is 0.166. The number of halogens is 1. The maximum atomic E-state index is 13.6. The van der Waals surface area contributed by atoms with E-state index in [0.29, 0.717) is 22.6 Å². The van der Waals surface area contributed by atoms with Crippen LogP contribution < -0.4 is 14.8 Å². The molecule has 1 N–H and O–H groups in total. The average Bonchev–Trinajstić information content (AvgIpc) is 3.07. The minimum atomic E-state index is -3.64. The molecule has 144 valence electrons. The number of carbonyl (C=O) groups excluding carboxylic acids is 1. The second-order valence-corrected chi connectivity index (χ2v) is 8.07. The number of benzene rings is 2. The third-order valence-corrected chi connectivity index (χ3v) is 5.21. The van der Waals surface area contributed by atoms with E-state index < -0.39 is 21.7 Å². The molecule has 0 radical (unpaired) electrons. The van der Waals surface area contributed by atoms with Crippen LogP contribution in [0.2, 0.25) is 0 Å². The fourth-order valence-corrected chi connectivity index (χ4v) is 3.32. The summed E-state index contributed by atoms with van der Waals surface area (Å²) in [4.78, 5) is 12.2. The SMILES string of the molecule is CS(=O)(=O)N(CC(=O)NCc1ccccc1F)Cc1ccc2c(c1)OCO2. The maximum Gasteiger partial charge on any atom is 0.235 e. The lowest BCUT2D eigenvalue weighted by atomic mass is 10.2. The number of ether oxygens (including phenoxy) is 2. The summed E-state index contributed by atoms with van der Waals surface area (Å²) in [6, 6.07) is 11.1. The number of carbonyl (C=O) groups is 1. The van der Waals surface area contributed by atoms with E-state index in [4.69, 9.17) is 9.47 Å². The van der Waals surface area contributed by atoms with Crippen LogP contribution in [0.1, 0.15) is 11.1 Å². The van der Waals surface area contributed by atoms with Crippen LogP contribution in [0.25, 0.3) is 0 Å². The Labute approximate surface area is 156 Å². The number of rotatable bonds is 7. The molecule has 7 nitrogen and oxygen atoms in total. The number of fused-ring (bicyclic) bond motifs is 1. The summed E-state index contributed by atoms with van der Waals surface area (Å²) < 4.78 is 49.3. The van der Waals surface area contributed by atoms with Crippen LogP contribution in [0, 0.1) is 5.82 Å². The Hall–Kier alpha value is -2.65. The van der Waals surface area contributed by atoms with Crippen LogP contribution >= 0.6 is 0 Å². The van der Waals surface area contributed by atoms with Gasteiger partial charge in [-0.15, -0.1) is 0 Å². The van der Waals surface area contributed by atoms with Gasteiger partial charge in [0.2, 0.25) is 22.7 Å². The second kappa shape index (κ2) is 7.93. The normalized spacial score (nSPS) is 13.0. The van der Waals surface area contributed by atoms with Crippen LogP contribution in [0.4, 0.5) is 4.39 Å². The van der Waals surface area contributed by atoms with Crippen molar-refractivity contribution in [2.75, 3.05) is 19.6 Å². The lowest BCUT2D eigenvalue weighted by molar-refractivity contribution is -0.121. The van der Waals surface area contributed by atoms with Gasteiger partial charge in [0.15, 0.2) is 11.5 Å². The standard InChI is InChI=1S/C18H19FN2O5S/c1-27(23,24)21(10-13-6-7-16-17(8-13)26-12-25-16)11-18(22)20-9-14-4-2-3-5-15(14)19/h2-8H,9-12H2,1H3,(H,20,22). The molecule has 2 aromatic rings. The summed E-state index contributed by atoms with van der Waals surface area (Å²) in [5, 5.41) is 2.54. The molecule has 1 aliphatic rings. The van der Waals surface area contributed by atoms with E-state index in [-0.39, 0.29) is 26.4 Å². The molecule has 1 aliphatic heterocycles. The fraction of sp³-hybridized carbons (Fsp3) is 0.278. The first kappa shape index (κ1) is 19.1. The molecule has 0 atom stereocenters. The van der Waals surface area contributed by atoms with E-state index in [1.54, 1.807) is 36.4 Å². The molecule has 0 spiro atoms. The van der Waals surface area contributed by atoms with Gasteiger partial charge >= 0.3 is 0 Å². The highest BCUT2D eigenvalue weighted by Gasteiger charge is 2.22. The molecule has 0 fully saturated rings. The van der Waals surface area contributed by atoms with E-state index in [0.717, 1.165) is 10.6 Å². The van der Waals surface area contributed by atoms with Crippen molar-refractivity contribution < 1.29 is 27.1 Å². The summed E-state index contributed by atoms with van der Waals surface area (Å²) in [6.07, 6.45) is 1.03. The Balaban J connectivity index is 1.65. The number of nitrogens with one attached hydrogen (secondary N) is 1. The Kier molecular flexibility index (Phi) is 5.62. The van der Waals surface area contributed by atoms with Crippen LogP contribution in [-0.2, 0) is 27.9 Å². The highest BCUT2D eigenvalue weighted by molar-refractivity contribution is 7.88. The van der Waals surface area contributed by atoms with Crippen LogP contribution in [0.15, 0.2) is 42.5 Å². The van der Waals surface area contributed by atoms with E-state index in [9.17, 15) is 17.6 Å². The van der Waals surface area contributed by atoms with Crippen molar-refractivity contribution >= 4 is 15.9 Å². The van der Waals surface area contributed by atoms with Gasteiger partial charge in [-0.2, -0.15) is 4.31 Å². The predicted molar refractivity (Wildman–Crippen MR) is 96.1 cm³/mol. The van der Waals surface area contributed by atoms with Gasteiger partial charge < -0.3 is 14.8 Å². The molecule has 0 aromatic heterocycles. The molecule has 9 heteroatoms. The number of hydrogen-bond donors (Lipinski definition) is 1. The van der Waals surface area contributed by atoms with Gasteiger partial charge in [0.05, 0.1) is 12.8 Å². The van der Waals surface area contributed by atoms with Crippen molar-refractivity contribution in [1.29, 1.82) is 0 Å². The molecule has 3 rings (SSSR count). The second-order valence-electron chi connectivity index (χ2n) is 6.09. The average molecular weight is 394 g/mol. The van der Waals surface area contributed by atoms with Crippen molar-refractivity contribution in [3.05, 3.63) is 59.4 Å².